The fourth-order valence-corrected chi connectivity index (χ4v) is 3.18. The highest BCUT2D eigenvalue weighted by atomic mass is 19.1. The number of hydrogen-bond donors (Lipinski definition) is 0. The largest absolute Gasteiger partial charge is 0.487 e. The topological polar surface area (TPSA) is 57.0 Å². The maximum absolute atomic E-state index is 13.8. The van der Waals surface area contributed by atoms with Crippen LogP contribution in [0.3, 0.4) is 0 Å². The summed E-state index contributed by atoms with van der Waals surface area (Å²) in [6.07, 6.45) is 3.90. The van der Waals surface area contributed by atoms with Crippen LogP contribution in [-0.4, -0.2) is 14.5 Å². The third kappa shape index (κ3) is 4.18. The number of aryl methyl sites for hydroxylation is 3. The summed E-state index contributed by atoms with van der Waals surface area (Å²) in [5, 5.41) is 0. The Labute approximate surface area is 168 Å². The van der Waals surface area contributed by atoms with Gasteiger partial charge in [0.05, 0.1) is 17.4 Å². The van der Waals surface area contributed by atoms with Gasteiger partial charge in [-0.25, -0.2) is 8.78 Å². The van der Waals surface area contributed by atoms with Crippen molar-refractivity contribution in [2.45, 2.75) is 47.1 Å². The summed E-state index contributed by atoms with van der Waals surface area (Å²) in [4.78, 5) is 21.3. The molecule has 0 bridgehead atoms. The van der Waals surface area contributed by atoms with Gasteiger partial charge in [0.15, 0.2) is 5.82 Å². The second-order valence-corrected chi connectivity index (χ2v) is 6.81. The van der Waals surface area contributed by atoms with Gasteiger partial charge in [-0.2, -0.15) is 0 Å². The van der Waals surface area contributed by atoms with E-state index in [0.29, 0.717) is 23.4 Å². The van der Waals surface area contributed by atoms with Gasteiger partial charge in [-0.3, -0.25) is 19.3 Å². The van der Waals surface area contributed by atoms with Crippen molar-refractivity contribution < 1.29 is 13.5 Å². The summed E-state index contributed by atoms with van der Waals surface area (Å²) in [5.41, 5.74) is 3.53. The second-order valence-electron chi connectivity index (χ2n) is 6.81. The Bertz CT molecular complexity index is 1110. The van der Waals surface area contributed by atoms with Gasteiger partial charge in [-0.05, 0) is 38.3 Å². The van der Waals surface area contributed by atoms with Crippen molar-refractivity contribution in [2.24, 2.45) is 0 Å². The van der Waals surface area contributed by atoms with Crippen molar-refractivity contribution in [3.8, 4) is 11.4 Å². The molecule has 0 amide bonds. The van der Waals surface area contributed by atoms with E-state index in [0.717, 1.165) is 35.6 Å². The standard InChI is InChI=1S/C22H23F2N3O2/c1-5-16-9-20(13(3)10-25-16)27-14(4)7-21(17(6-2)22(27)28)29-12-19-18(24)8-15(23)11-26-19/h7-11H,5-6,12H2,1-4H3. The molecule has 0 fully saturated rings. The first-order valence-corrected chi connectivity index (χ1v) is 9.49. The lowest BCUT2D eigenvalue weighted by atomic mass is 10.1. The molecule has 0 aromatic carbocycles. The van der Waals surface area contributed by atoms with Gasteiger partial charge in [0.1, 0.15) is 23.9 Å². The Morgan fingerprint density at radius 2 is 1.79 bits per heavy atom. The molecule has 0 atom stereocenters. The highest BCUT2D eigenvalue weighted by Gasteiger charge is 2.17. The SMILES string of the molecule is CCc1cc(-n2c(C)cc(OCc3ncc(F)cc3F)c(CC)c2=O)c(C)cn1. The summed E-state index contributed by atoms with van der Waals surface area (Å²) in [7, 11) is 0. The van der Waals surface area contributed by atoms with E-state index >= 15 is 0 Å². The summed E-state index contributed by atoms with van der Waals surface area (Å²) < 4.78 is 34.2. The zero-order valence-electron chi connectivity index (χ0n) is 16.9. The lowest BCUT2D eigenvalue weighted by Crippen LogP contribution is -2.26. The van der Waals surface area contributed by atoms with Gasteiger partial charge in [-0.15, -0.1) is 0 Å². The normalized spacial score (nSPS) is 11.0. The molecule has 3 rings (SSSR count). The van der Waals surface area contributed by atoms with Crippen molar-refractivity contribution in [1.82, 2.24) is 14.5 Å². The van der Waals surface area contributed by atoms with E-state index in [2.05, 4.69) is 9.97 Å². The molecule has 0 unspecified atom stereocenters. The maximum atomic E-state index is 13.8. The lowest BCUT2D eigenvalue weighted by Gasteiger charge is -2.18. The van der Waals surface area contributed by atoms with Gasteiger partial charge >= 0.3 is 0 Å². The zero-order chi connectivity index (χ0) is 21.1. The first-order chi connectivity index (χ1) is 13.8. The number of rotatable bonds is 6. The third-order valence-electron chi connectivity index (χ3n) is 4.79. The van der Waals surface area contributed by atoms with Gasteiger partial charge < -0.3 is 4.74 Å². The molecular weight excluding hydrogens is 376 g/mol. The Balaban J connectivity index is 2.03. The maximum Gasteiger partial charge on any atom is 0.262 e. The predicted molar refractivity (Wildman–Crippen MR) is 107 cm³/mol. The van der Waals surface area contributed by atoms with Crippen LogP contribution in [-0.2, 0) is 19.4 Å². The quantitative estimate of drug-likeness (QED) is 0.623. The van der Waals surface area contributed by atoms with E-state index in [-0.39, 0.29) is 17.9 Å². The highest BCUT2D eigenvalue weighted by molar-refractivity contribution is 5.45. The van der Waals surface area contributed by atoms with Crippen LogP contribution in [0.4, 0.5) is 8.78 Å². The zero-order valence-corrected chi connectivity index (χ0v) is 16.9. The smallest absolute Gasteiger partial charge is 0.262 e. The van der Waals surface area contributed by atoms with Crippen LogP contribution in [0.25, 0.3) is 5.69 Å². The number of hydrogen-bond acceptors (Lipinski definition) is 4. The molecule has 3 aromatic rings. The first kappa shape index (κ1) is 20.6. The minimum atomic E-state index is -0.785. The minimum absolute atomic E-state index is 0.0205. The van der Waals surface area contributed by atoms with Crippen LogP contribution in [0.1, 0.15) is 42.1 Å². The Morgan fingerprint density at radius 3 is 2.45 bits per heavy atom. The molecule has 0 aliphatic rings. The van der Waals surface area contributed by atoms with Gasteiger partial charge in [0.2, 0.25) is 0 Å². The molecule has 152 valence electrons. The van der Waals surface area contributed by atoms with E-state index in [1.807, 2.05) is 33.8 Å². The van der Waals surface area contributed by atoms with Crippen molar-refractivity contribution in [2.75, 3.05) is 0 Å². The molecule has 0 aliphatic heterocycles. The van der Waals surface area contributed by atoms with Crippen LogP contribution in [0.15, 0.2) is 35.4 Å². The Morgan fingerprint density at radius 1 is 1.03 bits per heavy atom. The first-order valence-electron chi connectivity index (χ1n) is 9.49. The molecule has 0 N–H and O–H groups in total. The van der Waals surface area contributed by atoms with Crippen molar-refractivity contribution in [3.63, 3.8) is 0 Å². The Hall–Kier alpha value is -3.09. The number of pyridine rings is 3. The van der Waals surface area contributed by atoms with Crippen LogP contribution >= 0.6 is 0 Å². The number of aromatic nitrogens is 3. The molecule has 5 nitrogen and oxygen atoms in total. The average Bonchev–Trinajstić information content (AvgIpc) is 2.68. The number of halogens is 2. The number of nitrogens with zero attached hydrogens (tertiary/aromatic N) is 3. The van der Waals surface area contributed by atoms with E-state index in [4.69, 9.17) is 4.74 Å². The average molecular weight is 399 g/mol. The summed E-state index contributed by atoms with van der Waals surface area (Å²) in [6, 6.07) is 4.43. The van der Waals surface area contributed by atoms with E-state index in [1.165, 1.54) is 0 Å². The molecule has 3 heterocycles. The number of ether oxygens (including phenoxy) is 1. The monoisotopic (exact) mass is 399 g/mol. The van der Waals surface area contributed by atoms with E-state index < -0.39 is 11.6 Å². The van der Waals surface area contributed by atoms with Crippen LogP contribution in [0.2, 0.25) is 0 Å². The predicted octanol–water partition coefficient (Wildman–Crippen LogP) is 4.23. The molecule has 0 saturated carbocycles. The molecule has 0 radical (unpaired) electrons. The van der Waals surface area contributed by atoms with Crippen molar-refractivity contribution in [3.05, 3.63) is 80.8 Å². The lowest BCUT2D eigenvalue weighted by molar-refractivity contribution is 0.289. The van der Waals surface area contributed by atoms with Crippen LogP contribution in [0, 0.1) is 25.5 Å². The second kappa shape index (κ2) is 8.51. The molecule has 0 saturated heterocycles. The summed E-state index contributed by atoms with van der Waals surface area (Å²) in [5.74, 6) is -1.16. The van der Waals surface area contributed by atoms with Crippen molar-refractivity contribution >= 4 is 0 Å². The van der Waals surface area contributed by atoms with Crippen LogP contribution in [0.5, 0.6) is 5.75 Å². The third-order valence-corrected chi connectivity index (χ3v) is 4.79. The molecule has 0 aliphatic carbocycles. The van der Waals surface area contributed by atoms with Gasteiger partial charge in [0.25, 0.3) is 5.56 Å². The molecule has 0 spiro atoms. The van der Waals surface area contributed by atoms with Gasteiger partial charge in [0, 0.05) is 29.7 Å². The molecule has 3 aromatic heterocycles. The van der Waals surface area contributed by atoms with Crippen molar-refractivity contribution in [1.29, 1.82) is 0 Å². The van der Waals surface area contributed by atoms with Gasteiger partial charge in [-0.1, -0.05) is 13.8 Å². The molecular formula is C22H23F2N3O2. The fraction of sp³-hybridized carbons (Fsp3) is 0.318. The summed E-state index contributed by atoms with van der Waals surface area (Å²) in [6.45, 7) is 7.39. The minimum Gasteiger partial charge on any atom is -0.487 e. The fourth-order valence-electron chi connectivity index (χ4n) is 3.18. The van der Waals surface area contributed by atoms with E-state index in [9.17, 15) is 13.6 Å². The molecule has 29 heavy (non-hydrogen) atoms. The molecule has 7 heteroatoms. The Kier molecular flexibility index (Phi) is 6.06. The highest BCUT2D eigenvalue weighted by Crippen LogP contribution is 2.23. The van der Waals surface area contributed by atoms with Crippen LogP contribution < -0.4 is 10.3 Å². The summed E-state index contributed by atoms with van der Waals surface area (Å²) >= 11 is 0. The van der Waals surface area contributed by atoms with E-state index in [1.54, 1.807) is 16.8 Å².